The second-order valence-electron chi connectivity index (χ2n) is 35.3. The third-order valence-electron chi connectivity index (χ3n) is 26.8. The van der Waals surface area contributed by atoms with Gasteiger partial charge in [-0.05, 0) is 194 Å². The molecule has 0 N–H and O–H groups in total. The normalized spacial score (nSPS) is 11.5. The number of para-hydroxylation sites is 3. The number of fused-ring (bicyclic) bond motifs is 15. The van der Waals surface area contributed by atoms with E-state index < -0.39 is 0 Å². The minimum absolute atomic E-state index is 0.635. The van der Waals surface area contributed by atoms with Crippen LogP contribution in [-0.4, -0.2) is 44.9 Å². The minimum atomic E-state index is 0.635. The molecule has 6 heterocycles. The van der Waals surface area contributed by atoms with Crippen molar-refractivity contribution in [2.45, 2.75) is 0 Å². The predicted molar refractivity (Wildman–Crippen MR) is 577 cm³/mol. The van der Waals surface area contributed by atoms with Gasteiger partial charge in [0.1, 0.15) is 33.5 Å². The van der Waals surface area contributed by atoms with Crippen molar-refractivity contribution in [3.05, 3.63) is 479 Å². The Morgan fingerprint density at radius 1 is 0.113 bits per heavy atom. The molecule has 0 radical (unpaired) electrons. The molecule has 28 rings (SSSR count). The Morgan fingerprint density at radius 3 is 0.766 bits per heavy atom. The van der Waals surface area contributed by atoms with Crippen LogP contribution in [0, 0.1) is 0 Å². The number of furan rings is 3. The maximum atomic E-state index is 6.24. The first-order chi connectivity index (χ1) is 69.8. The molecule has 6 aromatic heterocycles. The fraction of sp³-hybridized carbons (Fsp3) is 0. The molecule has 0 saturated carbocycles. The highest BCUT2D eigenvalue weighted by molar-refractivity contribution is 6.17. The van der Waals surface area contributed by atoms with E-state index in [1.54, 1.807) is 0 Å². The molecule has 0 unspecified atom stereocenters. The van der Waals surface area contributed by atoms with Gasteiger partial charge >= 0.3 is 0 Å². The zero-order chi connectivity index (χ0) is 93.2. The van der Waals surface area contributed by atoms with Crippen molar-refractivity contribution in [2.24, 2.45) is 0 Å². The van der Waals surface area contributed by atoms with Gasteiger partial charge < -0.3 is 13.3 Å². The zero-order valence-corrected chi connectivity index (χ0v) is 75.9. The smallest absolute Gasteiger partial charge is 0.164 e. The van der Waals surface area contributed by atoms with Crippen molar-refractivity contribution in [3.8, 4) is 147 Å². The standard InChI is InChI=1S/C45H27N3O.C43H27N3O.C41H25N3O/c1-3-11-30-25-33(19-17-28(30)9-1)43-46-44(34-20-18-29-10-2-4-12-31(29)26-34)48-45(47-43)39-23-22-35(36-13-5-6-14-37(36)39)32-21-24-42-40(27-32)38-15-7-8-16-41(38)49-42;1-3-12-28(13-4-1)29-22-24-31(25-23-29)42-44-41(30-14-5-2-6-15-30)45-43(46-42)36-27-26-34(32-16-7-8-17-33(32)36)35-19-11-21-39-40(35)37-18-9-10-20-38(37)47-39;1-2-11-27(12-3-1)39-42-40(30-19-18-26-10-4-5-13-28(26)24-30)44-41(43-39)35-22-21-31(32-14-6-7-15-33(32)35)29-20-23-38-36(25-29)34-16-8-9-17-37(34)45-38/h1-27H;1-27H;1-25H. The van der Waals surface area contributed by atoms with Crippen LogP contribution in [0.15, 0.2) is 492 Å². The third kappa shape index (κ3) is 15.5. The summed E-state index contributed by atoms with van der Waals surface area (Å²) in [5.41, 5.74) is 23.0. The van der Waals surface area contributed by atoms with Crippen LogP contribution in [0.5, 0.6) is 0 Å². The van der Waals surface area contributed by atoms with Crippen LogP contribution in [-0.2, 0) is 0 Å². The van der Waals surface area contributed by atoms with E-state index in [1.807, 2.05) is 109 Å². The van der Waals surface area contributed by atoms with Gasteiger partial charge in [-0.2, -0.15) is 0 Å². The van der Waals surface area contributed by atoms with Gasteiger partial charge in [0.25, 0.3) is 0 Å². The molecule has 0 aliphatic carbocycles. The molecule has 0 saturated heterocycles. The Kier molecular flexibility index (Phi) is 20.6. The summed E-state index contributed by atoms with van der Waals surface area (Å²) in [4.78, 5) is 45.6. The molecule has 0 aliphatic heterocycles. The summed E-state index contributed by atoms with van der Waals surface area (Å²) in [6, 6.07) is 166. The molecule has 0 aliphatic rings. The summed E-state index contributed by atoms with van der Waals surface area (Å²) in [5, 5.41) is 20.3. The van der Waals surface area contributed by atoms with Crippen LogP contribution in [0.3, 0.4) is 0 Å². The van der Waals surface area contributed by atoms with Gasteiger partial charge in [-0.3, -0.25) is 0 Å². The lowest BCUT2D eigenvalue weighted by molar-refractivity contribution is 0.668. The average Bonchev–Trinajstić information content (AvgIpc) is 1.66. The van der Waals surface area contributed by atoms with Crippen LogP contribution in [0.4, 0.5) is 0 Å². The molecular weight excluding hydrogens is 1720 g/mol. The molecule has 22 aromatic carbocycles. The molecule has 28 aromatic rings. The molecule has 0 bridgehead atoms. The van der Waals surface area contributed by atoms with E-state index in [9.17, 15) is 0 Å². The van der Waals surface area contributed by atoms with Crippen LogP contribution in [0.25, 0.3) is 277 Å². The lowest BCUT2D eigenvalue weighted by Gasteiger charge is -2.14. The highest BCUT2D eigenvalue weighted by Gasteiger charge is 2.25. The summed E-state index contributed by atoms with van der Waals surface area (Å²) in [6.07, 6.45) is 0. The average molecular weight is 1800 g/mol. The van der Waals surface area contributed by atoms with Crippen molar-refractivity contribution in [1.29, 1.82) is 0 Å². The van der Waals surface area contributed by atoms with Gasteiger partial charge in [0, 0.05) is 82.4 Å². The van der Waals surface area contributed by atoms with E-state index >= 15 is 0 Å². The van der Waals surface area contributed by atoms with Crippen LogP contribution in [0.2, 0.25) is 0 Å². The first-order valence-corrected chi connectivity index (χ1v) is 47.2. The van der Waals surface area contributed by atoms with Crippen LogP contribution < -0.4 is 0 Å². The number of nitrogens with zero attached hydrogens (tertiary/aromatic N) is 9. The fourth-order valence-electron chi connectivity index (χ4n) is 19.9. The number of hydrogen-bond donors (Lipinski definition) is 0. The summed E-state index contributed by atoms with van der Waals surface area (Å²) in [5.74, 6) is 5.77. The molecule has 0 atom stereocenters. The maximum Gasteiger partial charge on any atom is 0.164 e. The highest BCUT2D eigenvalue weighted by Crippen LogP contribution is 2.46. The summed E-state index contributed by atoms with van der Waals surface area (Å²) in [7, 11) is 0. The van der Waals surface area contributed by atoms with E-state index in [4.69, 9.17) is 58.1 Å². The van der Waals surface area contributed by atoms with Gasteiger partial charge in [-0.15, -0.1) is 0 Å². The summed E-state index contributed by atoms with van der Waals surface area (Å²) >= 11 is 0. The fourth-order valence-corrected chi connectivity index (χ4v) is 19.9. The van der Waals surface area contributed by atoms with E-state index in [1.165, 1.54) is 21.7 Å². The quantitative estimate of drug-likeness (QED) is 0.108. The zero-order valence-electron chi connectivity index (χ0n) is 75.9. The lowest BCUT2D eigenvalue weighted by Crippen LogP contribution is -2.01. The molecule has 0 fully saturated rings. The van der Waals surface area contributed by atoms with Gasteiger partial charge in [0.05, 0.1) is 0 Å². The Bertz CT molecular complexity index is 9690. The summed E-state index contributed by atoms with van der Waals surface area (Å²) in [6.45, 7) is 0. The molecular formula is C129H79N9O3. The van der Waals surface area contributed by atoms with Crippen molar-refractivity contribution in [1.82, 2.24) is 44.9 Å². The maximum absolute atomic E-state index is 6.24. The van der Waals surface area contributed by atoms with Crippen molar-refractivity contribution < 1.29 is 13.3 Å². The Morgan fingerprint density at radius 2 is 0.362 bits per heavy atom. The third-order valence-corrected chi connectivity index (χ3v) is 26.8. The topological polar surface area (TPSA) is 155 Å². The Hall–Kier alpha value is -19.2. The summed E-state index contributed by atoms with van der Waals surface area (Å²) < 4.78 is 18.5. The van der Waals surface area contributed by atoms with Gasteiger partial charge in [-0.25, -0.2) is 44.9 Å². The molecule has 12 heteroatoms. The van der Waals surface area contributed by atoms with Crippen LogP contribution >= 0.6 is 0 Å². The van der Waals surface area contributed by atoms with E-state index in [0.717, 1.165) is 203 Å². The van der Waals surface area contributed by atoms with Crippen LogP contribution in [0.1, 0.15) is 0 Å². The molecule has 141 heavy (non-hydrogen) atoms. The first kappa shape index (κ1) is 82.5. The lowest BCUT2D eigenvalue weighted by atomic mass is 9.92. The van der Waals surface area contributed by atoms with E-state index in [2.05, 4.69) is 370 Å². The molecule has 658 valence electrons. The number of aromatic nitrogens is 9. The second kappa shape index (κ2) is 35.3. The number of hydrogen-bond acceptors (Lipinski definition) is 12. The van der Waals surface area contributed by atoms with Crippen molar-refractivity contribution in [3.63, 3.8) is 0 Å². The largest absolute Gasteiger partial charge is 0.456 e. The van der Waals surface area contributed by atoms with E-state index in [-0.39, 0.29) is 0 Å². The highest BCUT2D eigenvalue weighted by atomic mass is 16.3. The van der Waals surface area contributed by atoms with Crippen molar-refractivity contribution in [2.75, 3.05) is 0 Å². The molecule has 0 spiro atoms. The monoisotopic (exact) mass is 1800 g/mol. The molecule has 0 amide bonds. The van der Waals surface area contributed by atoms with Crippen molar-refractivity contribution >= 4 is 130 Å². The van der Waals surface area contributed by atoms with E-state index in [0.29, 0.717) is 52.4 Å². The second-order valence-corrected chi connectivity index (χ2v) is 35.3. The first-order valence-electron chi connectivity index (χ1n) is 47.2. The Balaban J connectivity index is 0.000000109. The molecule has 12 nitrogen and oxygen atoms in total. The SMILES string of the molecule is c1ccc(-c2ccc(-c3nc(-c4ccccc4)nc(-c4ccc(-c5cccc6oc7ccccc7c56)c5ccccc45)n3)cc2)cc1.c1ccc(-c2nc(-c3ccc4ccccc4c3)nc(-c3ccc(-c4ccc5oc6ccccc6c5c4)c4ccccc34)n2)cc1.c1ccc2cc(-c3nc(-c4ccc5ccccc5c4)nc(-c4ccc(-c5ccc6oc7ccccc7c6c5)c5ccccc45)n3)ccc2c1. The van der Waals surface area contributed by atoms with Gasteiger partial charge in [0.15, 0.2) is 52.4 Å². The minimum Gasteiger partial charge on any atom is -0.456 e. The Labute approximate surface area is 809 Å². The van der Waals surface area contributed by atoms with Gasteiger partial charge in [0.2, 0.25) is 0 Å². The van der Waals surface area contributed by atoms with Gasteiger partial charge in [-0.1, -0.05) is 394 Å². The predicted octanol–water partition coefficient (Wildman–Crippen LogP) is 33.9. The number of rotatable bonds is 13. The number of benzene rings is 22.